The summed E-state index contributed by atoms with van der Waals surface area (Å²) in [5, 5.41) is 13.0. The Bertz CT molecular complexity index is 629. The molecule has 2 unspecified atom stereocenters. The summed E-state index contributed by atoms with van der Waals surface area (Å²) >= 11 is 10.3. The quantitative estimate of drug-likeness (QED) is 0.0906. The van der Waals surface area contributed by atoms with E-state index in [4.69, 9.17) is 54.3 Å². The van der Waals surface area contributed by atoms with Gasteiger partial charge in [-0.1, -0.05) is 0 Å². The molecule has 16 heteroatoms. The molecule has 0 aromatic rings. The van der Waals surface area contributed by atoms with E-state index in [1.54, 1.807) is 27.7 Å². The number of thiocarbonyl (C=S) groups is 2. The molecule has 0 aromatic carbocycles. The summed E-state index contributed by atoms with van der Waals surface area (Å²) in [5.74, 6) is 0. The predicted octanol–water partition coefficient (Wildman–Crippen LogP) is 0.794. The Labute approximate surface area is 194 Å². The van der Waals surface area contributed by atoms with E-state index in [1.165, 1.54) is 0 Å². The molecule has 0 amide bonds. The van der Waals surface area contributed by atoms with E-state index < -0.39 is 26.7 Å². The van der Waals surface area contributed by atoms with Crippen molar-refractivity contribution in [3.8, 4) is 0 Å². The summed E-state index contributed by atoms with van der Waals surface area (Å²) in [6.07, 6.45) is 1.61. The van der Waals surface area contributed by atoms with E-state index in [-0.39, 0.29) is 0 Å². The van der Waals surface area contributed by atoms with Gasteiger partial charge in [-0.25, -0.2) is 20.1 Å². The first kappa shape index (κ1) is 30.6. The maximum Gasteiger partial charge on any atom is 0.400 e. The molecule has 0 aliphatic rings. The van der Waals surface area contributed by atoms with Crippen LogP contribution < -0.4 is 32.3 Å². The van der Waals surface area contributed by atoms with Crippen LogP contribution in [0.3, 0.4) is 0 Å². The summed E-state index contributed by atoms with van der Waals surface area (Å²) in [5.41, 5.74) is 8.31. The van der Waals surface area contributed by atoms with E-state index in [9.17, 15) is 9.13 Å². The van der Waals surface area contributed by atoms with Crippen LogP contribution in [0.25, 0.3) is 0 Å². The molecular formula is C15H36N6O6P2S2. The van der Waals surface area contributed by atoms with Crippen molar-refractivity contribution in [1.29, 1.82) is 0 Å². The Kier molecular flexibility index (Phi) is 13.2. The van der Waals surface area contributed by atoms with Gasteiger partial charge in [0.2, 0.25) is 0 Å². The van der Waals surface area contributed by atoms with Crippen molar-refractivity contribution < 1.29 is 28.0 Å². The molecule has 2 atom stereocenters. The van der Waals surface area contributed by atoms with Crippen LogP contribution in [0.15, 0.2) is 0 Å². The molecule has 0 radical (unpaired) electrons. The van der Waals surface area contributed by atoms with Crippen molar-refractivity contribution in [3.05, 3.63) is 0 Å². The second kappa shape index (κ2) is 13.3. The number of nitrogens with one attached hydrogen (secondary N) is 4. The van der Waals surface area contributed by atoms with Gasteiger partial charge in [0.05, 0.1) is 11.2 Å². The van der Waals surface area contributed by atoms with E-state index in [0.717, 1.165) is 6.42 Å². The highest BCUT2D eigenvalue weighted by Gasteiger charge is 2.28. The summed E-state index contributed by atoms with van der Waals surface area (Å²) in [7, 11) is -8.08. The molecule has 0 aliphatic carbocycles. The molecule has 0 bridgehead atoms. The van der Waals surface area contributed by atoms with Crippen molar-refractivity contribution in [3.63, 3.8) is 0 Å². The van der Waals surface area contributed by atoms with Crippen LogP contribution in [-0.4, -0.2) is 57.4 Å². The zero-order valence-corrected chi connectivity index (χ0v) is 21.8. The molecule has 0 heterocycles. The molecule has 0 saturated heterocycles. The highest BCUT2D eigenvalue weighted by molar-refractivity contribution is 7.80. The lowest BCUT2D eigenvalue weighted by Crippen LogP contribution is -2.41. The van der Waals surface area contributed by atoms with Gasteiger partial charge in [0.25, 0.3) is 0 Å². The Hall–Kier alpha value is -0.400. The van der Waals surface area contributed by atoms with Crippen LogP contribution in [0, 0.1) is 0 Å². The van der Waals surface area contributed by atoms with Crippen molar-refractivity contribution in [2.45, 2.75) is 58.2 Å². The number of hydrogen-bond donors (Lipinski definition) is 8. The van der Waals surface area contributed by atoms with Crippen LogP contribution >= 0.6 is 39.9 Å². The molecule has 184 valence electrons. The first-order valence-corrected chi connectivity index (χ1v) is 13.7. The topological polar surface area (TPSA) is 193 Å². The molecule has 0 saturated carbocycles. The van der Waals surface area contributed by atoms with Gasteiger partial charge in [0.15, 0.2) is 10.2 Å². The van der Waals surface area contributed by atoms with Gasteiger partial charge in [-0.05, 0) is 71.4 Å². The summed E-state index contributed by atoms with van der Waals surface area (Å²) in [6.45, 7) is 8.78. The maximum atomic E-state index is 11.1. The van der Waals surface area contributed by atoms with Crippen LogP contribution in [0.4, 0.5) is 0 Å². The molecule has 0 fully saturated rings. The van der Waals surface area contributed by atoms with E-state index in [1.807, 2.05) is 0 Å². The summed E-state index contributed by atoms with van der Waals surface area (Å²) < 4.78 is 32.1. The number of hydrogen-bond acceptors (Lipinski definition) is 6. The molecule has 31 heavy (non-hydrogen) atoms. The number of rotatable bonds is 14. The summed E-state index contributed by atoms with van der Waals surface area (Å²) in [4.78, 5) is 18.2. The fraction of sp³-hybridized carbons (Fsp3) is 0.867. The fourth-order valence-electron chi connectivity index (χ4n) is 2.37. The van der Waals surface area contributed by atoms with Crippen molar-refractivity contribution in [2.75, 3.05) is 26.2 Å². The highest BCUT2D eigenvalue weighted by Crippen LogP contribution is 2.39. The van der Waals surface area contributed by atoms with Gasteiger partial charge >= 0.3 is 15.5 Å². The van der Waals surface area contributed by atoms with Crippen molar-refractivity contribution in [2.24, 2.45) is 11.0 Å². The predicted molar refractivity (Wildman–Crippen MR) is 129 cm³/mol. The van der Waals surface area contributed by atoms with Crippen molar-refractivity contribution >= 4 is 50.2 Å². The Morgan fingerprint density at radius 1 is 0.774 bits per heavy atom. The monoisotopic (exact) mass is 522 g/mol. The van der Waals surface area contributed by atoms with E-state index in [2.05, 4.69) is 21.3 Å². The average molecular weight is 523 g/mol. The molecule has 10 N–H and O–H groups in total. The van der Waals surface area contributed by atoms with Crippen LogP contribution in [0.2, 0.25) is 0 Å². The van der Waals surface area contributed by atoms with Crippen molar-refractivity contribution in [1.82, 2.24) is 21.3 Å². The molecule has 0 rings (SSSR count). The van der Waals surface area contributed by atoms with E-state index in [0.29, 0.717) is 49.2 Å². The number of nitrogens with two attached hydrogens (primary N) is 2. The van der Waals surface area contributed by atoms with Crippen LogP contribution in [0.1, 0.15) is 47.0 Å². The van der Waals surface area contributed by atoms with E-state index >= 15 is 0 Å². The fourth-order valence-corrected chi connectivity index (χ4v) is 4.38. The minimum Gasteiger partial charge on any atom is -0.363 e. The SMILES string of the molecule is CC(C)(CCNC(=S)NCCCNC(=S)NCCC(C)(C)OP(N)(=O)O)OP(N)(=O)O. The smallest absolute Gasteiger partial charge is 0.363 e. The van der Waals surface area contributed by atoms with Gasteiger partial charge in [-0.15, -0.1) is 0 Å². The molecule has 0 spiro atoms. The zero-order chi connectivity index (χ0) is 24.3. The van der Waals surface area contributed by atoms with Gasteiger partial charge in [-0.2, -0.15) is 0 Å². The second-order valence-corrected chi connectivity index (χ2v) is 11.5. The van der Waals surface area contributed by atoms with Gasteiger partial charge < -0.3 is 31.1 Å². The lowest BCUT2D eigenvalue weighted by Gasteiger charge is -2.26. The van der Waals surface area contributed by atoms with Gasteiger partial charge in [-0.3, -0.25) is 9.05 Å². The minimum atomic E-state index is -4.04. The average Bonchev–Trinajstić information content (AvgIpc) is 2.49. The first-order chi connectivity index (χ1) is 13.9. The lowest BCUT2D eigenvalue weighted by molar-refractivity contribution is 0.0838. The third kappa shape index (κ3) is 20.0. The van der Waals surface area contributed by atoms with Crippen LogP contribution in [-0.2, 0) is 18.2 Å². The Morgan fingerprint density at radius 2 is 1.06 bits per heavy atom. The lowest BCUT2D eigenvalue weighted by atomic mass is 10.1. The highest BCUT2D eigenvalue weighted by atomic mass is 32.1. The normalized spacial score (nSPS) is 16.0. The molecular weight excluding hydrogens is 486 g/mol. The molecule has 12 nitrogen and oxygen atoms in total. The van der Waals surface area contributed by atoms with Crippen LogP contribution in [0.5, 0.6) is 0 Å². The van der Waals surface area contributed by atoms with Gasteiger partial charge in [0.1, 0.15) is 0 Å². The Morgan fingerprint density at radius 3 is 1.35 bits per heavy atom. The third-order valence-corrected chi connectivity index (χ3v) is 5.79. The molecule has 0 aromatic heterocycles. The first-order valence-electron chi connectivity index (χ1n) is 9.58. The standard InChI is InChI=1S/C15H36N6O6P2S2/c1-14(2,26-28(16,22)23)6-10-20-12(30)18-8-5-9-19-13(31)21-11-7-15(3,4)27-29(17,24)25/h5-11H2,1-4H3,(H3,16,22,23)(H3,17,24,25)(H2,18,20,30)(H2,19,21,31). The largest absolute Gasteiger partial charge is 0.400 e. The molecule has 0 aliphatic heterocycles. The minimum absolute atomic E-state index is 0.432. The third-order valence-electron chi connectivity index (χ3n) is 3.71. The summed E-state index contributed by atoms with van der Waals surface area (Å²) in [6, 6.07) is 0. The zero-order valence-electron chi connectivity index (χ0n) is 18.3. The maximum absolute atomic E-state index is 11.1. The Balaban J connectivity index is 3.85. The van der Waals surface area contributed by atoms with Gasteiger partial charge in [0, 0.05) is 26.2 Å². The second-order valence-electron chi connectivity index (χ2n) is 8.05.